The van der Waals surface area contributed by atoms with Crippen LogP contribution in [0.1, 0.15) is 23.9 Å². The molecule has 1 heterocycles. The summed E-state index contributed by atoms with van der Waals surface area (Å²) in [6.45, 7) is 2.59. The van der Waals surface area contributed by atoms with Crippen molar-refractivity contribution in [1.29, 1.82) is 0 Å². The van der Waals surface area contributed by atoms with Gasteiger partial charge in [0.2, 0.25) is 0 Å². The van der Waals surface area contributed by atoms with Gasteiger partial charge in [-0.15, -0.1) is 11.6 Å². The third-order valence-corrected chi connectivity index (χ3v) is 3.71. The molecule has 0 radical (unpaired) electrons. The van der Waals surface area contributed by atoms with Crippen LogP contribution in [0, 0.1) is 0 Å². The van der Waals surface area contributed by atoms with Gasteiger partial charge >= 0.3 is 0 Å². The molecule has 0 saturated carbocycles. The Kier molecular flexibility index (Phi) is 4.88. The van der Waals surface area contributed by atoms with Crippen molar-refractivity contribution in [2.45, 2.75) is 25.8 Å². The number of alkyl halides is 1. The van der Waals surface area contributed by atoms with E-state index in [1.807, 2.05) is 29.9 Å². The second-order valence-electron chi connectivity index (χ2n) is 4.28. The van der Waals surface area contributed by atoms with E-state index in [2.05, 4.69) is 34.0 Å². The molecule has 0 aliphatic heterocycles. The van der Waals surface area contributed by atoms with E-state index < -0.39 is 0 Å². The Balaban J connectivity index is 2.11. The zero-order valence-electron chi connectivity index (χ0n) is 11.0. The summed E-state index contributed by atoms with van der Waals surface area (Å²) < 4.78 is 8.70. The van der Waals surface area contributed by atoms with Gasteiger partial charge in [-0.25, -0.2) is 0 Å². The standard InChI is InChI=1S/C14H16BrClN2O/c1-3-12-7-13(18(2)17-12)9-19-14-5-4-11(15)6-10(14)8-16/h4-7H,3,8-9H2,1-2H3. The molecule has 0 saturated heterocycles. The summed E-state index contributed by atoms with van der Waals surface area (Å²) in [7, 11) is 1.93. The maximum Gasteiger partial charge on any atom is 0.130 e. The lowest BCUT2D eigenvalue weighted by atomic mass is 10.2. The second kappa shape index (κ2) is 6.44. The maximum absolute atomic E-state index is 5.93. The van der Waals surface area contributed by atoms with E-state index in [0.29, 0.717) is 12.5 Å². The predicted molar refractivity (Wildman–Crippen MR) is 80.6 cm³/mol. The lowest BCUT2D eigenvalue weighted by Gasteiger charge is -2.10. The predicted octanol–water partition coefficient (Wildman–Crippen LogP) is 4.06. The number of hydrogen-bond acceptors (Lipinski definition) is 2. The molecule has 1 aromatic heterocycles. The van der Waals surface area contributed by atoms with Gasteiger partial charge < -0.3 is 4.74 Å². The number of ether oxygens (including phenoxy) is 1. The van der Waals surface area contributed by atoms with Gasteiger partial charge in [0.15, 0.2) is 0 Å². The van der Waals surface area contributed by atoms with Crippen molar-refractivity contribution in [2.75, 3.05) is 0 Å². The van der Waals surface area contributed by atoms with Crippen LogP contribution < -0.4 is 4.74 Å². The van der Waals surface area contributed by atoms with Gasteiger partial charge in [0.25, 0.3) is 0 Å². The summed E-state index contributed by atoms with van der Waals surface area (Å²) >= 11 is 9.35. The van der Waals surface area contributed by atoms with Gasteiger partial charge in [0.05, 0.1) is 17.3 Å². The van der Waals surface area contributed by atoms with E-state index in [0.717, 1.165) is 33.6 Å². The Bertz CT molecular complexity index is 569. The molecule has 0 spiro atoms. The molecule has 5 heteroatoms. The average molecular weight is 344 g/mol. The number of halogens is 2. The molecule has 2 aromatic rings. The van der Waals surface area contributed by atoms with E-state index in [1.54, 1.807) is 0 Å². The van der Waals surface area contributed by atoms with Crippen LogP contribution in [0.5, 0.6) is 5.75 Å². The Morgan fingerprint density at radius 3 is 2.79 bits per heavy atom. The molecular formula is C14H16BrClN2O. The van der Waals surface area contributed by atoms with Crippen molar-refractivity contribution in [3.8, 4) is 5.75 Å². The molecule has 0 amide bonds. The van der Waals surface area contributed by atoms with Gasteiger partial charge in [-0.05, 0) is 30.7 Å². The molecule has 0 N–H and O–H groups in total. The highest BCUT2D eigenvalue weighted by atomic mass is 79.9. The van der Waals surface area contributed by atoms with Crippen LogP contribution in [0.3, 0.4) is 0 Å². The largest absolute Gasteiger partial charge is 0.487 e. The third kappa shape index (κ3) is 3.51. The van der Waals surface area contributed by atoms with E-state index in [4.69, 9.17) is 16.3 Å². The Morgan fingerprint density at radius 2 is 2.16 bits per heavy atom. The van der Waals surface area contributed by atoms with Crippen LogP contribution >= 0.6 is 27.5 Å². The highest BCUT2D eigenvalue weighted by molar-refractivity contribution is 9.10. The normalized spacial score (nSPS) is 10.7. The lowest BCUT2D eigenvalue weighted by molar-refractivity contribution is 0.292. The second-order valence-corrected chi connectivity index (χ2v) is 5.46. The van der Waals surface area contributed by atoms with Gasteiger partial charge in [0.1, 0.15) is 12.4 Å². The molecule has 1 aromatic carbocycles. The number of benzene rings is 1. The van der Waals surface area contributed by atoms with Crippen molar-refractivity contribution in [3.63, 3.8) is 0 Å². The van der Waals surface area contributed by atoms with Gasteiger partial charge in [-0.2, -0.15) is 5.10 Å². The highest BCUT2D eigenvalue weighted by Crippen LogP contribution is 2.25. The summed E-state index contributed by atoms with van der Waals surface area (Å²) in [6, 6.07) is 7.92. The van der Waals surface area contributed by atoms with Crippen molar-refractivity contribution >= 4 is 27.5 Å². The Labute approximate surface area is 126 Å². The summed E-state index contributed by atoms with van der Waals surface area (Å²) in [4.78, 5) is 0. The first-order valence-corrected chi connectivity index (χ1v) is 7.45. The zero-order chi connectivity index (χ0) is 13.8. The fourth-order valence-electron chi connectivity index (χ4n) is 1.82. The van der Waals surface area contributed by atoms with Crippen LogP contribution in [0.4, 0.5) is 0 Å². The minimum Gasteiger partial charge on any atom is -0.487 e. The summed E-state index contributed by atoms with van der Waals surface area (Å²) in [5, 5.41) is 4.40. The number of aromatic nitrogens is 2. The minimum atomic E-state index is 0.431. The molecule has 0 unspecified atom stereocenters. The SMILES string of the molecule is CCc1cc(COc2ccc(Br)cc2CCl)n(C)n1. The summed E-state index contributed by atoms with van der Waals surface area (Å²) in [6.07, 6.45) is 0.930. The van der Waals surface area contributed by atoms with Crippen molar-refractivity contribution in [3.05, 3.63) is 45.7 Å². The summed E-state index contributed by atoms with van der Waals surface area (Å²) in [5.74, 6) is 1.25. The molecule has 0 atom stereocenters. The minimum absolute atomic E-state index is 0.431. The number of aryl methyl sites for hydroxylation is 2. The first kappa shape index (κ1) is 14.4. The third-order valence-electron chi connectivity index (χ3n) is 2.93. The van der Waals surface area contributed by atoms with Crippen LogP contribution in [0.2, 0.25) is 0 Å². The molecule has 102 valence electrons. The molecule has 0 aliphatic carbocycles. The quantitative estimate of drug-likeness (QED) is 0.765. The van der Waals surface area contributed by atoms with Crippen LogP contribution in [-0.4, -0.2) is 9.78 Å². The van der Waals surface area contributed by atoms with Gasteiger partial charge in [-0.1, -0.05) is 22.9 Å². The molecule has 0 fully saturated rings. The van der Waals surface area contributed by atoms with E-state index >= 15 is 0 Å². The number of rotatable bonds is 5. The molecular weight excluding hydrogens is 328 g/mol. The monoisotopic (exact) mass is 342 g/mol. The molecule has 2 rings (SSSR count). The Hall–Kier alpha value is -1.00. The van der Waals surface area contributed by atoms with Gasteiger partial charge in [-0.3, -0.25) is 4.68 Å². The number of nitrogens with zero attached hydrogens (tertiary/aromatic N) is 2. The molecule has 3 nitrogen and oxygen atoms in total. The zero-order valence-corrected chi connectivity index (χ0v) is 13.3. The topological polar surface area (TPSA) is 27.1 Å². The lowest BCUT2D eigenvalue weighted by Crippen LogP contribution is -2.04. The average Bonchev–Trinajstić information content (AvgIpc) is 2.78. The van der Waals surface area contributed by atoms with Crippen LogP contribution in [0.15, 0.2) is 28.7 Å². The maximum atomic E-state index is 5.93. The van der Waals surface area contributed by atoms with E-state index in [-0.39, 0.29) is 0 Å². The van der Waals surface area contributed by atoms with Crippen LogP contribution in [-0.2, 0) is 26.0 Å². The van der Waals surface area contributed by atoms with E-state index in [1.165, 1.54) is 0 Å². The van der Waals surface area contributed by atoms with Gasteiger partial charge in [0, 0.05) is 17.1 Å². The molecule has 19 heavy (non-hydrogen) atoms. The van der Waals surface area contributed by atoms with Crippen LogP contribution in [0.25, 0.3) is 0 Å². The fourth-order valence-corrected chi connectivity index (χ4v) is 2.44. The summed E-state index contributed by atoms with van der Waals surface area (Å²) in [5.41, 5.74) is 3.11. The molecule has 0 bridgehead atoms. The van der Waals surface area contributed by atoms with Crippen molar-refractivity contribution < 1.29 is 4.74 Å². The van der Waals surface area contributed by atoms with Crippen molar-refractivity contribution in [2.24, 2.45) is 7.05 Å². The first-order chi connectivity index (χ1) is 9.13. The highest BCUT2D eigenvalue weighted by Gasteiger charge is 2.07. The smallest absolute Gasteiger partial charge is 0.130 e. The Morgan fingerprint density at radius 1 is 1.37 bits per heavy atom. The fraction of sp³-hybridized carbons (Fsp3) is 0.357. The first-order valence-electron chi connectivity index (χ1n) is 6.13. The number of hydrogen-bond donors (Lipinski definition) is 0. The van der Waals surface area contributed by atoms with E-state index in [9.17, 15) is 0 Å². The van der Waals surface area contributed by atoms with Crippen molar-refractivity contribution in [1.82, 2.24) is 9.78 Å². The molecule has 0 aliphatic rings.